The monoisotopic (exact) mass is 362 g/mol. The Labute approximate surface area is 156 Å². The second-order valence-electron chi connectivity index (χ2n) is 7.24. The van der Waals surface area contributed by atoms with Gasteiger partial charge in [0.15, 0.2) is 0 Å². The highest BCUT2D eigenvalue weighted by atomic mass is 16.5. The number of carbonyl (C=O) groups is 1. The average molecular weight is 362 g/mol. The molecule has 27 heavy (non-hydrogen) atoms. The number of benzene rings is 2. The molecule has 0 radical (unpaired) electrons. The molecule has 3 aliphatic heterocycles. The van der Waals surface area contributed by atoms with Crippen LogP contribution in [0.5, 0.6) is 11.5 Å². The van der Waals surface area contributed by atoms with Crippen molar-refractivity contribution in [1.29, 1.82) is 5.26 Å². The van der Waals surface area contributed by atoms with E-state index in [0.717, 1.165) is 30.7 Å². The van der Waals surface area contributed by atoms with Gasteiger partial charge in [0.1, 0.15) is 29.6 Å². The molecule has 0 aromatic heterocycles. The van der Waals surface area contributed by atoms with Gasteiger partial charge in [-0.25, -0.2) is 0 Å². The van der Waals surface area contributed by atoms with Gasteiger partial charge in [-0.3, -0.25) is 4.79 Å². The topological polar surface area (TPSA) is 82.8 Å². The number of rotatable bonds is 2. The highest BCUT2D eigenvalue weighted by Gasteiger charge is 2.57. The van der Waals surface area contributed by atoms with E-state index in [0.29, 0.717) is 17.9 Å². The fourth-order valence-electron chi connectivity index (χ4n) is 4.47. The Kier molecular flexibility index (Phi) is 3.43. The predicted octanol–water partition coefficient (Wildman–Crippen LogP) is 2.47. The number of para-hydroxylation sites is 1. The van der Waals surface area contributed by atoms with Crippen molar-refractivity contribution in [3.63, 3.8) is 0 Å². The summed E-state index contributed by atoms with van der Waals surface area (Å²) in [6, 6.07) is 12.7. The normalized spacial score (nSPS) is 25.4. The molecule has 1 saturated heterocycles. The van der Waals surface area contributed by atoms with Gasteiger partial charge >= 0.3 is 0 Å². The number of nitrogens with zero attached hydrogens (tertiary/aromatic N) is 2. The summed E-state index contributed by atoms with van der Waals surface area (Å²) in [4.78, 5) is 15.5. The van der Waals surface area contributed by atoms with Gasteiger partial charge in [0.05, 0.1) is 18.2 Å². The Balaban J connectivity index is 1.66. The van der Waals surface area contributed by atoms with Gasteiger partial charge in [0.25, 0.3) is 0 Å². The molecule has 6 nitrogen and oxygen atoms in total. The van der Waals surface area contributed by atoms with Crippen LogP contribution in [0.25, 0.3) is 0 Å². The van der Waals surface area contributed by atoms with Crippen molar-refractivity contribution in [2.45, 2.75) is 24.4 Å². The Hall–Kier alpha value is -3.04. The molecule has 1 N–H and O–H groups in total. The minimum atomic E-state index is -0.982. The number of hydrogen-bond acceptors (Lipinski definition) is 5. The van der Waals surface area contributed by atoms with E-state index in [4.69, 9.17) is 9.47 Å². The van der Waals surface area contributed by atoms with E-state index in [2.05, 4.69) is 0 Å². The third-order valence-electron chi connectivity index (χ3n) is 5.80. The highest BCUT2D eigenvalue weighted by molar-refractivity contribution is 6.11. The average Bonchev–Trinajstić information content (AvgIpc) is 3.37. The summed E-state index contributed by atoms with van der Waals surface area (Å²) in [6.07, 6.45) is 1.99. The maximum Gasteiger partial charge on any atom is 0.245 e. The molecular formula is C21H18N2O4. The Bertz CT molecular complexity index is 990. The summed E-state index contributed by atoms with van der Waals surface area (Å²) in [5.41, 5.74) is 1.54. The first-order valence-corrected chi connectivity index (χ1v) is 9.08. The van der Waals surface area contributed by atoms with Gasteiger partial charge < -0.3 is 19.5 Å². The van der Waals surface area contributed by atoms with E-state index in [1.54, 1.807) is 11.0 Å². The molecule has 1 amide bonds. The fourth-order valence-corrected chi connectivity index (χ4v) is 4.47. The smallest absolute Gasteiger partial charge is 0.245 e. The molecular weight excluding hydrogens is 344 g/mol. The number of ether oxygens (including phenoxy) is 2. The first kappa shape index (κ1) is 16.2. The van der Waals surface area contributed by atoms with E-state index in [1.165, 1.54) is 6.07 Å². The van der Waals surface area contributed by atoms with Crippen molar-refractivity contribution in [3.05, 3.63) is 53.1 Å². The minimum absolute atomic E-state index is 0.0356. The van der Waals surface area contributed by atoms with Crippen LogP contribution in [-0.2, 0) is 14.9 Å². The number of amides is 1. The molecule has 6 heteroatoms. The standard InChI is InChI=1S/C21H18N2O4/c22-10-13-8-16-19(9-18(13)24)27-12-21(16)15-5-1-2-6-17(15)23(20(21)25)11-14-4-3-7-26-14/h1-2,5-6,8-9,14,24H,3-4,7,11-12H2/t14-,21?/m1/s1. The number of nitriles is 1. The Morgan fingerprint density at radius 2 is 2.15 bits per heavy atom. The van der Waals surface area contributed by atoms with Gasteiger partial charge in [-0.05, 0) is 30.5 Å². The van der Waals surface area contributed by atoms with Crippen LogP contribution in [0.2, 0.25) is 0 Å². The van der Waals surface area contributed by atoms with Crippen LogP contribution in [0, 0.1) is 11.3 Å². The van der Waals surface area contributed by atoms with Crippen LogP contribution in [-0.4, -0.2) is 36.9 Å². The van der Waals surface area contributed by atoms with E-state index in [-0.39, 0.29) is 29.9 Å². The van der Waals surface area contributed by atoms with Crippen LogP contribution in [0.1, 0.15) is 29.5 Å². The Morgan fingerprint density at radius 3 is 2.93 bits per heavy atom. The van der Waals surface area contributed by atoms with Crippen molar-refractivity contribution < 1.29 is 19.4 Å². The maximum atomic E-state index is 13.7. The summed E-state index contributed by atoms with van der Waals surface area (Å²) < 4.78 is 11.6. The van der Waals surface area contributed by atoms with E-state index in [9.17, 15) is 15.2 Å². The fraction of sp³-hybridized carbons (Fsp3) is 0.333. The number of fused-ring (bicyclic) bond motifs is 4. The second kappa shape index (κ2) is 5.73. The number of phenols is 1. The number of carbonyl (C=O) groups excluding carboxylic acids is 1. The lowest BCUT2D eigenvalue weighted by Gasteiger charge is -2.25. The van der Waals surface area contributed by atoms with Gasteiger partial charge in [-0.1, -0.05) is 18.2 Å². The zero-order chi connectivity index (χ0) is 18.6. The first-order chi connectivity index (χ1) is 13.1. The maximum absolute atomic E-state index is 13.7. The SMILES string of the molecule is N#Cc1cc2c(cc1O)OCC21C(=O)N(C[C@H]2CCCO2)c2ccccc21. The molecule has 0 aliphatic carbocycles. The van der Waals surface area contributed by atoms with Crippen LogP contribution in [0.3, 0.4) is 0 Å². The molecule has 3 aliphatic rings. The molecule has 2 atom stereocenters. The van der Waals surface area contributed by atoms with E-state index in [1.807, 2.05) is 30.3 Å². The largest absolute Gasteiger partial charge is 0.506 e. The van der Waals surface area contributed by atoms with E-state index >= 15 is 0 Å². The molecule has 2 aromatic rings. The van der Waals surface area contributed by atoms with Gasteiger partial charge in [-0.15, -0.1) is 0 Å². The molecule has 1 spiro atoms. The van der Waals surface area contributed by atoms with Crippen molar-refractivity contribution in [1.82, 2.24) is 0 Å². The molecule has 5 rings (SSSR count). The number of aromatic hydroxyl groups is 1. The first-order valence-electron chi connectivity index (χ1n) is 9.08. The highest BCUT2D eigenvalue weighted by Crippen LogP contribution is 2.53. The lowest BCUT2D eigenvalue weighted by atomic mass is 9.76. The number of anilines is 1. The quantitative estimate of drug-likeness (QED) is 0.887. The van der Waals surface area contributed by atoms with Crippen LogP contribution < -0.4 is 9.64 Å². The summed E-state index contributed by atoms with van der Waals surface area (Å²) in [5, 5.41) is 19.3. The molecule has 1 fully saturated rings. The molecule has 1 unspecified atom stereocenters. The van der Waals surface area contributed by atoms with E-state index < -0.39 is 5.41 Å². The van der Waals surface area contributed by atoms with Crippen molar-refractivity contribution >= 4 is 11.6 Å². The lowest BCUT2D eigenvalue weighted by molar-refractivity contribution is -0.122. The summed E-state index contributed by atoms with van der Waals surface area (Å²) >= 11 is 0. The molecule has 2 aromatic carbocycles. The van der Waals surface area contributed by atoms with Crippen LogP contribution in [0.15, 0.2) is 36.4 Å². The van der Waals surface area contributed by atoms with Gasteiger partial charge in [0, 0.05) is 23.9 Å². The van der Waals surface area contributed by atoms with Crippen molar-refractivity contribution in [2.75, 3.05) is 24.7 Å². The minimum Gasteiger partial charge on any atom is -0.506 e. The zero-order valence-electron chi connectivity index (χ0n) is 14.6. The predicted molar refractivity (Wildman–Crippen MR) is 96.9 cm³/mol. The number of phenolic OH excluding ortho intramolecular Hbond substituents is 1. The van der Waals surface area contributed by atoms with Crippen molar-refractivity contribution in [3.8, 4) is 17.6 Å². The molecule has 0 bridgehead atoms. The molecule has 136 valence electrons. The third-order valence-corrected chi connectivity index (χ3v) is 5.80. The van der Waals surface area contributed by atoms with Crippen molar-refractivity contribution in [2.24, 2.45) is 0 Å². The number of hydrogen-bond donors (Lipinski definition) is 1. The summed E-state index contributed by atoms with van der Waals surface area (Å²) in [6.45, 7) is 1.40. The second-order valence-corrected chi connectivity index (χ2v) is 7.24. The van der Waals surface area contributed by atoms with Crippen LogP contribution >= 0.6 is 0 Å². The third kappa shape index (κ3) is 2.12. The van der Waals surface area contributed by atoms with Gasteiger partial charge in [-0.2, -0.15) is 5.26 Å². The molecule has 3 heterocycles. The summed E-state index contributed by atoms with van der Waals surface area (Å²) in [5.74, 6) is 0.254. The Morgan fingerprint density at radius 1 is 1.30 bits per heavy atom. The van der Waals surface area contributed by atoms with Gasteiger partial charge in [0.2, 0.25) is 5.91 Å². The lowest BCUT2D eigenvalue weighted by Crippen LogP contribution is -2.45. The van der Waals surface area contributed by atoms with Crippen LogP contribution in [0.4, 0.5) is 5.69 Å². The zero-order valence-corrected chi connectivity index (χ0v) is 14.6. The molecule has 0 saturated carbocycles. The summed E-state index contributed by atoms with van der Waals surface area (Å²) in [7, 11) is 0.